The van der Waals surface area contributed by atoms with Gasteiger partial charge >= 0.3 is 0 Å². The Hall–Kier alpha value is 0.160. The van der Waals surface area contributed by atoms with Crippen molar-refractivity contribution in [1.82, 2.24) is 4.72 Å². The molecule has 1 N–H and O–H groups in total. The number of nitrogens with one attached hydrogen (secondary N) is 1. The van der Waals surface area contributed by atoms with Gasteiger partial charge in [-0.15, -0.1) is 11.6 Å². The van der Waals surface area contributed by atoms with E-state index in [9.17, 15) is 8.42 Å². The zero-order valence-corrected chi connectivity index (χ0v) is 11.4. The summed E-state index contributed by atoms with van der Waals surface area (Å²) in [5, 5.41) is 0. The lowest BCUT2D eigenvalue weighted by Crippen LogP contribution is -2.50. The summed E-state index contributed by atoms with van der Waals surface area (Å²) in [5.41, 5.74) is -0.267. The highest BCUT2D eigenvalue weighted by molar-refractivity contribution is 7.89. The maximum atomic E-state index is 11.7. The highest BCUT2D eigenvalue weighted by Gasteiger charge is 2.37. The average molecular weight is 270 g/mol. The molecule has 1 atom stereocenters. The van der Waals surface area contributed by atoms with Crippen molar-refractivity contribution in [3.63, 3.8) is 0 Å². The number of methoxy groups -OCH3 is 1. The van der Waals surface area contributed by atoms with Crippen LogP contribution < -0.4 is 4.72 Å². The van der Waals surface area contributed by atoms with E-state index in [-0.39, 0.29) is 17.3 Å². The van der Waals surface area contributed by atoms with Crippen LogP contribution in [0.4, 0.5) is 0 Å². The molecule has 0 bridgehead atoms. The highest BCUT2D eigenvalue weighted by Crippen LogP contribution is 2.34. The van der Waals surface area contributed by atoms with Crippen molar-refractivity contribution in [2.75, 3.05) is 25.3 Å². The molecule has 0 aliphatic heterocycles. The van der Waals surface area contributed by atoms with Gasteiger partial charge in [0.05, 0.1) is 11.4 Å². The summed E-state index contributed by atoms with van der Waals surface area (Å²) in [5.74, 6) is 0.408. The molecule has 1 aliphatic rings. The standard InChI is InChI=1S/C10H20ClNO3S/c1-9(6-11)7-16(13,14)12-8-10(15-2)4-3-5-10/h9,12H,3-8H2,1-2H3. The van der Waals surface area contributed by atoms with E-state index < -0.39 is 10.0 Å². The van der Waals surface area contributed by atoms with Crippen molar-refractivity contribution in [2.24, 2.45) is 5.92 Å². The molecule has 1 aliphatic carbocycles. The van der Waals surface area contributed by atoms with Crippen LogP contribution in [0.25, 0.3) is 0 Å². The fourth-order valence-electron chi connectivity index (χ4n) is 1.74. The van der Waals surface area contributed by atoms with Crippen LogP contribution in [-0.4, -0.2) is 39.3 Å². The van der Waals surface area contributed by atoms with Crippen LogP contribution in [0.15, 0.2) is 0 Å². The molecular weight excluding hydrogens is 250 g/mol. The maximum absolute atomic E-state index is 11.7. The normalized spacial score (nSPS) is 21.4. The third-order valence-electron chi connectivity index (χ3n) is 3.08. The molecule has 96 valence electrons. The molecule has 4 nitrogen and oxygen atoms in total. The van der Waals surface area contributed by atoms with Crippen LogP contribution in [0.1, 0.15) is 26.2 Å². The Morgan fingerprint density at radius 3 is 2.50 bits per heavy atom. The van der Waals surface area contributed by atoms with Gasteiger partial charge < -0.3 is 4.74 Å². The van der Waals surface area contributed by atoms with Crippen LogP contribution in [0.2, 0.25) is 0 Å². The predicted molar refractivity (Wildman–Crippen MR) is 65.3 cm³/mol. The van der Waals surface area contributed by atoms with E-state index in [4.69, 9.17) is 16.3 Å². The van der Waals surface area contributed by atoms with E-state index in [1.165, 1.54) is 0 Å². The van der Waals surface area contributed by atoms with Crippen molar-refractivity contribution in [1.29, 1.82) is 0 Å². The first-order chi connectivity index (χ1) is 7.43. The van der Waals surface area contributed by atoms with Gasteiger partial charge in [0.1, 0.15) is 0 Å². The summed E-state index contributed by atoms with van der Waals surface area (Å²) >= 11 is 5.60. The number of alkyl halides is 1. The van der Waals surface area contributed by atoms with E-state index in [0.717, 1.165) is 19.3 Å². The van der Waals surface area contributed by atoms with Crippen molar-refractivity contribution in [3.05, 3.63) is 0 Å². The van der Waals surface area contributed by atoms with Crippen LogP contribution in [-0.2, 0) is 14.8 Å². The molecule has 1 unspecified atom stereocenters. The van der Waals surface area contributed by atoms with Gasteiger partial charge in [0.15, 0.2) is 0 Å². The Morgan fingerprint density at radius 2 is 2.12 bits per heavy atom. The summed E-state index contributed by atoms with van der Waals surface area (Å²) in [6.07, 6.45) is 2.96. The second-order valence-corrected chi connectivity index (χ2v) is 6.76. The minimum absolute atomic E-state index is 0.0287. The van der Waals surface area contributed by atoms with Gasteiger partial charge in [-0.1, -0.05) is 6.92 Å². The number of hydrogen-bond acceptors (Lipinski definition) is 3. The second kappa shape index (κ2) is 5.67. The summed E-state index contributed by atoms with van der Waals surface area (Å²) < 4.78 is 31.3. The Kier molecular flexibility index (Phi) is 5.04. The Balaban J connectivity index is 2.41. The van der Waals surface area contributed by atoms with Crippen LogP contribution in [0.5, 0.6) is 0 Å². The fourth-order valence-corrected chi connectivity index (χ4v) is 3.45. The molecule has 0 aromatic carbocycles. The zero-order chi connectivity index (χ0) is 12.2. The number of ether oxygens (including phenoxy) is 1. The van der Waals surface area contributed by atoms with Crippen molar-refractivity contribution in [3.8, 4) is 0 Å². The smallest absolute Gasteiger partial charge is 0.211 e. The van der Waals surface area contributed by atoms with Crippen LogP contribution >= 0.6 is 11.6 Å². The minimum Gasteiger partial charge on any atom is -0.377 e. The fraction of sp³-hybridized carbons (Fsp3) is 1.00. The predicted octanol–water partition coefficient (Wildman–Crippen LogP) is 1.35. The molecule has 0 heterocycles. The summed E-state index contributed by atoms with van der Waals surface area (Å²) in [4.78, 5) is 0. The van der Waals surface area contributed by atoms with E-state index in [0.29, 0.717) is 12.4 Å². The number of hydrogen-bond donors (Lipinski definition) is 1. The van der Waals surface area contributed by atoms with E-state index in [2.05, 4.69) is 4.72 Å². The summed E-state index contributed by atoms with van der Waals surface area (Å²) in [7, 11) is -1.59. The molecule has 1 rings (SSSR count). The van der Waals surface area contributed by atoms with Gasteiger partial charge in [-0.05, 0) is 25.2 Å². The van der Waals surface area contributed by atoms with Crippen molar-refractivity contribution < 1.29 is 13.2 Å². The lowest BCUT2D eigenvalue weighted by Gasteiger charge is -2.40. The first-order valence-corrected chi connectivity index (χ1v) is 7.70. The monoisotopic (exact) mass is 269 g/mol. The second-order valence-electron chi connectivity index (χ2n) is 4.60. The molecule has 1 fully saturated rings. The molecule has 6 heteroatoms. The first kappa shape index (κ1) is 14.2. The number of halogens is 1. The SMILES string of the molecule is COC1(CNS(=O)(=O)CC(C)CCl)CCC1. The molecule has 0 spiro atoms. The average Bonchev–Trinajstić information content (AvgIpc) is 2.16. The van der Waals surface area contributed by atoms with E-state index >= 15 is 0 Å². The Labute approximate surface area is 103 Å². The quantitative estimate of drug-likeness (QED) is 0.710. The topological polar surface area (TPSA) is 55.4 Å². The third-order valence-corrected chi connectivity index (χ3v) is 5.20. The molecule has 0 aromatic heterocycles. The summed E-state index contributed by atoms with van der Waals surface area (Å²) in [6.45, 7) is 2.20. The Morgan fingerprint density at radius 1 is 1.50 bits per heavy atom. The number of rotatable bonds is 7. The zero-order valence-electron chi connectivity index (χ0n) is 9.83. The molecule has 0 aromatic rings. The van der Waals surface area contributed by atoms with Gasteiger partial charge in [-0.2, -0.15) is 0 Å². The Bertz CT molecular complexity index is 309. The molecule has 1 saturated carbocycles. The molecular formula is C10H20ClNO3S. The maximum Gasteiger partial charge on any atom is 0.211 e. The lowest BCUT2D eigenvalue weighted by atomic mass is 9.80. The molecule has 0 saturated heterocycles. The van der Waals surface area contributed by atoms with E-state index in [1.54, 1.807) is 7.11 Å². The van der Waals surface area contributed by atoms with Crippen LogP contribution in [0, 0.1) is 5.92 Å². The molecule has 0 radical (unpaired) electrons. The van der Waals surface area contributed by atoms with Crippen molar-refractivity contribution in [2.45, 2.75) is 31.8 Å². The van der Waals surface area contributed by atoms with Gasteiger partial charge in [-0.3, -0.25) is 0 Å². The largest absolute Gasteiger partial charge is 0.377 e. The van der Waals surface area contributed by atoms with Crippen LogP contribution in [0.3, 0.4) is 0 Å². The van der Waals surface area contributed by atoms with Gasteiger partial charge in [0.25, 0.3) is 0 Å². The van der Waals surface area contributed by atoms with Crippen molar-refractivity contribution >= 4 is 21.6 Å². The highest BCUT2D eigenvalue weighted by atomic mass is 35.5. The minimum atomic E-state index is -3.23. The summed E-state index contributed by atoms with van der Waals surface area (Å²) in [6, 6.07) is 0. The molecule has 16 heavy (non-hydrogen) atoms. The lowest BCUT2D eigenvalue weighted by molar-refractivity contribution is -0.0659. The van der Waals surface area contributed by atoms with Gasteiger partial charge in [0, 0.05) is 19.5 Å². The third kappa shape index (κ3) is 3.87. The van der Waals surface area contributed by atoms with E-state index in [1.807, 2.05) is 6.92 Å². The van der Waals surface area contributed by atoms with Gasteiger partial charge in [0.2, 0.25) is 10.0 Å². The first-order valence-electron chi connectivity index (χ1n) is 5.51. The number of sulfonamides is 1. The van der Waals surface area contributed by atoms with Gasteiger partial charge in [-0.25, -0.2) is 13.1 Å². The molecule has 0 amide bonds.